The molecule has 1 nitrogen and oxygen atoms in total. The van der Waals surface area contributed by atoms with E-state index in [1.807, 2.05) is 38.1 Å². The first kappa shape index (κ1) is 13.1. The highest BCUT2D eigenvalue weighted by molar-refractivity contribution is 9.10. The number of nitrogens with one attached hydrogen (secondary N) is 1. The zero-order chi connectivity index (χ0) is 13.1. The second-order valence-electron chi connectivity index (χ2n) is 4.35. The first-order valence-corrected chi connectivity index (χ1v) is 6.64. The molecule has 0 aliphatic rings. The lowest BCUT2D eigenvalue weighted by Gasteiger charge is -2.17. The van der Waals surface area contributed by atoms with E-state index in [-0.39, 0.29) is 11.9 Å². The second-order valence-corrected chi connectivity index (χ2v) is 5.21. The molecule has 0 saturated heterocycles. The van der Waals surface area contributed by atoms with Crippen molar-refractivity contribution in [1.82, 2.24) is 0 Å². The van der Waals surface area contributed by atoms with Crippen molar-refractivity contribution < 1.29 is 4.39 Å². The number of benzene rings is 2. The van der Waals surface area contributed by atoms with Crippen molar-refractivity contribution in [2.75, 3.05) is 5.32 Å². The summed E-state index contributed by atoms with van der Waals surface area (Å²) in [7, 11) is 0. The van der Waals surface area contributed by atoms with Crippen LogP contribution >= 0.6 is 15.9 Å². The van der Waals surface area contributed by atoms with Crippen LogP contribution in [-0.2, 0) is 0 Å². The highest BCUT2D eigenvalue weighted by Crippen LogP contribution is 2.25. The summed E-state index contributed by atoms with van der Waals surface area (Å²) in [5.41, 5.74) is 2.83. The van der Waals surface area contributed by atoms with Crippen molar-refractivity contribution >= 4 is 21.6 Å². The predicted octanol–water partition coefficient (Wildman–Crippen LogP) is 5.07. The number of aryl methyl sites for hydroxylation is 1. The molecule has 0 aliphatic heterocycles. The lowest BCUT2D eigenvalue weighted by atomic mass is 10.1. The Labute approximate surface area is 115 Å². The highest BCUT2D eigenvalue weighted by atomic mass is 79.9. The molecule has 0 aromatic heterocycles. The summed E-state index contributed by atoms with van der Waals surface area (Å²) >= 11 is 3.49. The van der Waals surface area contributed by atoms with Gasteiger partial charge in [0.1, 0.15) is 5.82 Å². The van der Waals surface area contributed by atoms with E-state index < -0.39 is 0 Å². The first-order chi connectivity index (χ1) is 8.58. The highest BCUT2D eigenvalue weighted by Gasteiger charge is 2.10. The van der Waals surface area contributed by atoms with Crippen LogP contribution in [-0.4, -0.2) is 0 Å². The topological polar surface area (TPSA) is 12.0 Å². The van der Waals surface area contributed by atoms with E-state index in [4.69, 9.17) is 0 Å². The molecule has 0 radical (unpaired) electrons. The molecule has 2 rings (SSSR count). The largest absolute Gasteiger partial charge is 0.378 e. The summed E-state index contributed by atoms with van der Waals surface area (Å²) in [5.74, 6) is -0.177. The summed E-state index contributed by atoms with van der Waals surface area (Å²) < 4.78 is 14.7. The van der Waals surface area contributed by atoms with Gasteiger partial charge in [-0.3, -0.25) is 0 Å². The average Bonchev–Trinajstić information content (AvgIpc) is 2.34. The number of anilines is 1. The normalized spacial score (nSPS) is 12.2. The molecule has 0 bridgehead atoms. The van der Waals surface area contributed by atoms with Crippen LogP contribution in [0.1, 0.15) is 24.1 Å². The number of hydrogen-bond donors (Lipinski definition) is 1. The van der Waals surface area contributed by atoms with Crippen LogP contribution in [0, 0.1) is 12.7 Å². The van der Waals surface area contributed by atoms with Crippen molar-refractivity contribution in [2.45, 2.75) is 19.9 Å². The maximum atomic E-state index is 13.6. The van der Waals surface area contributed by atoms with E-state index in [0.717, 1.165) is 10.2 Å². The number of hydrogen-bond acceptors (Lipinski definition) is 1. The Kier molecular flexibility index (Phi) is 4.02. The van der Waals surface area contributed by atoms with Gasteiger partial charge in [-0.2, -0.15) is 0 Å². The smallest absolute Gasteiger partial charge is 0.128 e. The van der Waals surface area contributed by atoms with Gasteiger partial charge in [0.05, 0.1) is 6.04 Å². The van der Waals surface area contributed by atoms with Crippen molar-refractivity contribution in [2.24, 2.45) is 0 Å². The Morgan fingerprint density at radius 1 is 1.17 bits per heavy atom. The fourth-order valence-corrected chi connectivity index (χ4v) is 2.22. The van der Waals surface area contributed by atoms with E-state index >= 15 is 0 Å². The summed E-state index contributed by atoms with van der Waals surface area (Å²) in [4.78, 5) is 0. The van der Waals surface area contributed by atoms with Crippen LogP contribution in [0.25, 0.3) is 0 Å². The summed E-state index contributed by atoms with van der Waals surface area (Å²) in [6, 6.07) is 12.8. The van der Waals surface area contributed by atoms with Gasteiger partial charge in [0.2, 0.25) is 0 Å². The molecule has 0 fully saturated rings. The maximum Gasteiger partial charge on any atom is 0.128 e. The van der Waals surface area contributed by atoms with E-state index in [1.165, 1.54) is 11.6 Å². The zero-order valence-electron chi connectivity index (χ0n) is 10.4. The predicted molar refractivity (Wildman–Crippen MR) is 77.3 cm³/mol. The zero-order valence-corrected chi connectivity index (χ0v) is 12.0. The van der Waals surface area contributed by atoms with Gasteiger partial charge in [-0.1, -0.05) is 40.2 Å². The van der Waals surface area contributed by atoms with E-state index in [2.05, 4.69) is 21.2 Å². The van der Waals surface area contributed by atoms with Crippen LogP contribution in [0.4, 0.5) is 10.1 Å². The molecule has 2 aromatic rings. The molecule has 18 heavy (non-hydrogen) atoms. The Hall–Kier alpha value is -1.35. The fraction of sp³-hybridized carbons (Fsp3) is 0.200. The first-order valence-electron chi connectivity index (χ1n) is 5.85. The molecule has 3 heteroatoms. The fourth-order valence-electron chi connectivity index (χ4n) is 1.84. The van der Waals surface area contributed by atoms with E-state index in [0.29, 0.717) is 5.56 Å². The molecule has 1 unspecified atom stereocenters. The molecular formula is C15H15BrFN. The maximum absolute atomic E-state index is 13.6. The van der Waals surface area contributed by atoms with Gasteiger partial charge in [0.15, 0.2) is 0 Å². The number of halogens is 2. The minimum absolute atomic E-state index is 0.0687. The summed E-state index contributed by atoms with van der Waals surface area (Å²) in [5, 5.41) is 3.30. The monoisotopic (exact) mass is 307 g/mol. The van der Waals surface area contributed by atoms with Gasteiger partial charge in [-0.05, 0) is 37.6 Å². The van der Waals surface area contributed by atoms with Crippen LogP contribution in [0.3, 0.4) is 0 Å². The van der Waals surface area contributed by atoms with Gasteiger partial charge >= 0.3 is 0 Å². The van der Waals surface area contributed by atoms with Gasteiger partial charge in [-0.25, -0.2) is 4.39 Å². The van der Waals surface area contributed by atoms with Gasteiger partial charge < -0.3 is 5.32 Å². The lowest BCUT2D eigenvalue weighted by molar-refractivity contribution is 0.600. The van der Waals surface area contributed by atoms with Crippen LogP contribution in [0.15, 0.2) is 46.9 Å². The average molecular weight is 308 g/mol. The molecule has 0 spiro atoms. The molecule has 1 atom stereocenters. The second kappa shape index (κ2) is 5.53. The van der Waals surface area contributed by atoms with Crippen LogP contribution in [0.5, 0.6) is 0 Å². The third kappa shape index (κ3) is 2.91. The standard InChI is InChI=1S/C15H15BrFN/c1-10-7-8-12(9-14(10)16)18-11(2)13-5-3-4-6-15(13)17/h3-9,11,18H,1-2H3. The van der Waals surface area contributed by atoms with Gasteiger partial charge in [0.25, 0.3) is 0 Å². The minimum Gasteiger partial charge on any atom is -0.378 e. The molecule has 2 aromatic carbocycles. The SMILES string of the molecule is Cc1ccc(NC(C)c2ccccc2F)cc1Br. The van der Waals surface area contributed by atoms with Gasteiger partial charge in [-0.15, -0.1) is 0 Å². The van der Waals surface area contributed by atoms with Crippen LogP contribution in [0.2, 0.25) is 0 Å². The Morgan fingerprint density at radius 3 is 2.56 bits per heavy atom. The van der Waals surface area contributed by atoms with Crippen molar-refractivity contribution in [3.63, 3.8) is 0 Å². The molecule has 0 saturated carbocycles. The summed E-state index contributed by atoms with van der Waals surface area (Å²) in [6.07, 6.45) is 0. The molecule has 0 amide bonds. The molecular weight excluding hydrogens is 293 g/mol. The molecule has 94 valence electrons. The quantitative estimate of drug-likeness (QED) is 0.834. The van der Waals surface area contributed by atoms with Crippen molar-refractivity contribution in [1.29, 1.82) is 0 Å². The Balaban J connectivity index is 2.19. The Morgan fingerprint density at radius 2 is 1.89 bits per heavy atom. The van der Waals surface area contributed by atoms with Gasteiger partial charge in [0, 0.05) is 15.7 Å². The number of rotatable bonds is 3. The van der Waals surface area contributed by atoms with Crippen LogP contribution < -0.4 is 5.32 Å². The Bertz CT molecular complexity index is 554. The van der Waals surface area contributed by atoms with E-state index in [1.54, 1.807) is 12.1 Å². The lowest BCUT2D eigenvalue weighted by Crippen LogP contribution is -2.08. The minimum atomic E-state index is -0.177. The van der Waals surface area contributed by atoms with E-state index in [9.17, 15) is 4.39 Å². The third-order valence-electron chi connectivity index (χ3n) is 2.93. The summed E-state index contributed by atoms with van der Waals surface area (Å²) in [6.45, 7) is 3.99. The molecule has 0 aliphatic carbocycles. The third-order valence-corrected chi connectivity index (χ3v) is 3.78. The molecule has 1 N–H and O–H groups in total. The van der Waals surface area contributed by atoms with Crippen molar-refractivity contribution in [3.05, 3.63) is 63.9 Å². The van der Waals surface area contributed by atoms with Crippen molar-refractivity contribution in [3.8, 4) is 0 Å². The molecule has 0 heterocycles.